The van der Waals surface area contributed by atoms with E-state index in [0.29, 0.717) is 0 Å². The van der Waals surface area contributed by atoms with Crippen LogP contribution in [0.1, 0.15) is 25.7 Å². The summed E-state index contributed by atoms with van der Waals surface area (Å²) < 4.78 is 0. The summed E-state index contributed by atoms with van der Waals surface area (Å²) in [6, 6.07) is 0. The fraction of sp³-hybridized carbons (Fsp3) is 0.917. The molecule has 2 fully saturated rings. The highest BCUT2D eigenvalue weighted by Gasteiger charge is 2.45. The summed E-state index contributed by atoms with van der Waals surface area (Å²) in [5, 5.41) is 38.3. The molecule has 6 atom stereocenters. The van der Waals surface area contributed by atoms with Gasteiger partial charge in [0.25, 0.3) is 0 Å². The highest BCUT2D eigenvalue weighted by Crippen LogP contribution is 2.41. The van der Waals surface area contributed by atoms with E-state index >= 15 is 0 Å². The van der Waals surface area contributed by atoms with Gasteiger partial charge in [0.1, 0.15) is 6.10 Å². The van der Waals surface area contributed by atoms with Gasteiger partial charge in [-0.25, -0.2) is 0 Å². The molecule has 1 unspecified atom stereocenters. The molecule has 0 aromatic heterocycles. The number of aliphatic hydroxyl groups is 4. The third-order valence-electron chi connectivity index (χ3n) is 3.81. The second-order valence-corrected chi connectivity index (χ2v) is 6.40. The summed E-state index contributed by atoms with van der Waals surface area (Å²) in [7, 11) is 0. The molecule has 0 bridgehead atoms. The Morgan fingerprint density at radius 3 is 2.41 bits per heavy atom. The van der Waals surface area contributed by atoms with E-state index in [0.717, 1.165) is 19.3 Å². The number of hydrogen-bond acceptors (Lipinski definition) is 5. The number of aliphatic hydroxyl groups excluding tert-OH is 4. The maximum atomic E-state index is 10.0. The first-order chi connectivity index (χ1) is 8.15. The van der Waals surface area contributed by atoms with Crippen LogP contribution in [0.5, 0.6) is 0 Å². The Morgan fingerprint density at radius 2 is 1.82 bits per heavy atom. The average molecular weight is 261 g/mol. The molecule has 1 saturated heterocycles. The zero-order chi connectivity index (χ0) is 12.4. The first-order valence-electron chi connectivity index (χ1n) is 6.29. The van der Waals surface area contributed by atoms with Crippen molar-refractivity contribution in [3.63, 3.8) is 0 Å². The summed E-state index contributed by atoms with van der Waals surface area (Å²) in [6.07, 6.45) is 3.53. The predicted molar refractivity (Wildman–Crippen MR) is 66.5 cm³/mol. The van der Waals surface area contributed by atoms with E-state index in [2.05, 4.69) is 6.42 Å². The van der Waals surface area contributed by atoms with Gasteiger partial charge < -0.3 is 20.4 Å². The van der Waals surface area contributed by atoms with Gasteiger partial charge in [0.15, 0.2) is 0 Å². The molecule has 5 heteroatoms. The molecule has 1 saturated carbocycles. The van der Waals surface area contributed by atoms with Crippen LogP contribution >= 0.6 is 11.8 Å². The van der Waals surface area contributed by atoms with Crippen LogP contribution in [0.4, 0.5) is 0 Å². The quantitative estimate of drug-likeness (QED) is 0.560. The summed E-state index contributed by atoms with van der Waals surface area (Å²) in [5.74, 6) is 0.278. The van der Waals surface area contributed by atoms with E-state index in [1.807, 2.05) is 0 Å². The van der Waals surface area contributed by atoms with Crippen molar-refractivity contribution in [1.29, 1.82) is 0 Å². The van der Waals surface area contributed by atoms with E-state index in [4.69, 9.17) is 0 Å². The van der Waals surface area contributed by atoms with Crippen molar-refractivity contribution in [2.75, 3.05) is 6.61 Å². The van der Waals surface area contributed by atoms with Crippen molar-refractivity contribution < 1.29 is 20.4 Å². The first kappa shape index (κ1) is 13.6. The van der Waals surface area contributed by atoms with Gasteiger partial charge in [-0.2, -0.15) is 0 Å². The molecule has 1 radical (unpaired) electrons. The third-order valence-corrected chi connectivity index (χ3v) is 5.53. The first-order valence-corrected chi connectivity index (χ1v) is 7.23. The molecule has 0 spiro atoms. The molecule has 4 N–H and O–H groups in total. The van der Waals surface area contributed by atoms with Crippen LogP contribution in [-0.2, 0) is 0 Å². The summed E-state index contributed by atoms with van der Waals surface area (Å²) in [4.78, 5) is 0. The lowest BCUT2D eigenvalue weighted by molar-refractivity contribution is -0.0741. The van der Waals surface area contributed by atoms with Crippen LogP contribution in [0.15, 0.2) is 0 Å². The SMILES string of the molecule is OC[C@@H]1S[C@H](C2[CH]CCCC2)[C@H](O)[C@@H](O)[C@H]1O. The van der Waals surface area contributed by atoms with Gasteiger partial charge in [-0.1, -0.05) is 12.8 Å². The van der Waals surface area contributed by atoms with Crippen LogP contribution in [0, 0.1) is 12.3 Å². The van der Waals surface area contributed by atoms with Crippen molar-refractivity contribution in [2.45, 2.75) is 54.5 Å². The van der Waals surface area contributed by atoms with E-state index in [1.165, 1.54) is 18.2 Å². The van der Waals surface area contributed by atoms with E-state index in [1.54, 1.807) is 0 Å². The minimum absolute atomic E-state index is 0.106. The fourth-order valence-corrected chi connectivity index (χ4v) is 4.34. The van der Waals surface area contributed by atoms with E-state index in [9.17, 15) is 20.4 Å². The Hall–Kier alpha value is 0.190. The molecule has 1 aliphatic heterocycles. The standard InChI is InChI=1S/C12H21O4S/c13-6-8-9(14)10(15)11(16)12(17-8)7-4-2-1-3-5-7/h4,7-16H,1-3,5-6H2/t7?,8-,9-,10-,11+,12+/m0/s1. The Bertz CT molecular complexity index is 241. The average Bonchev–Trinajstić information content (AvgIpc) is 2.37. The van der Waals surface area contributed by atoms with Crippen LogP contribution in [0.3, 0.4) is 0 Å². The Balaban J connectivity index is 2.04. The van der Waals surface area contributed by atoms with Gasteiger partial charge in [-0.3, -0.25) is 0 Å². The molecule has 0 aromatic carbocycles. The lowest BCUT2D eigenvalue weighted by Gasteiger charge is -2.43. The highest BCUT2D eigenvalue weighted by atomic mass is 32.2. The lowest BCUT2D eigenvalue weighted by Crippen LogP contribution is -2.56. The highest BCUT2D eigenvalue weighted by molar-refractivity contribution is 8.00. The van der Waals surface area contributed by atoms with E-state index in [-0.39, 0.29) is 17.8 Å². The van der Waals surface area contributed by atoms with Crippen molar-refractivity contribution in [3.05, 3.63) is 6.42 Å². The molecule has 0 aromatic rings. The van der Waals surface area contributed by atoms with Crippen LogP contribution in [0.2, 0.25) is 0 Å². The predicted octanol–water partition coefficient (Wildman–Crippen LogP) is -0.0601. The van der Waals surface area contributed by atoms with Crippen molar-refractivity contribution >= 4 is 11.8 Å². The molecule has 4 nitrogen and oxygen atoms in total. The van der Waals surface area contributed by atoms with Crippen LogP contribution in [-0.4, -0.2) is 55.8 Å². The van der Waals surface area contributed by atoms with E-state index < -0.39 is 23.6 Å². The minimum atomic E-state index is -1.14. The molecule has 2 rings (SSSR count). The zero-order valence-corrected chi connectivity index (χ0v) is 10.6. The smallest absolute Gasteiger partial charge is 0.108 e. The monoisotopic (exact) mass is 261 g/mol. The maximum Gasteiger partial charge on any atom is 0.108 e. The van der Waals surface area contributed by atoms with Gasteiger partial charge >= 0.3 is 0 Å². The Labute approximate surface area is 106 Å². The molecule has 99 valence electrons. The number of hydrogen-bond donors (Lipinski definition) is 4. The molecule has 2 aliphatic rings. The van der Waals surface area contributed by atoms with Crippen LogP contribution in [0.25, 0.3) is 0 Å². The number of thioether (sulfide) groups is 1. The minimum Gasteiger partial charge on any atom is -0.395 e. The Kier molecular flexibility index (Phi) is 4.72. The largest absolute Gasteiger partial charge is 0.395 e. The molecule has 0 amide bonds. The summed E-state index contributed by atoms with van der Waals surface area (Å²) in [5.41, 5.74) is 0. The molecule has 17 heavy (non-hydrogen) atoms. The summed E-state index contributed by atoms with van der Waals surface area (Å²) >= 11 is 1.42. The molecular weight excluding hydrogens is 240 g/mol. The van der Waals surface area contributed by atoms with Crippen molar-refractivity contribution in [2.24, 2.45) is 5.92 Å². The van der Waals surface area contributed by atoms with Gasteiger partial charge in [-0.05, 0) is 25.2 Å². The second-order valence-electron chi connectivity index (χ2n) is 4.98. The van der Waals surface area contributed by atoms with Gasteiger partial charge in [0.05, 0.1) is 24.1 Å². The molecule has 1 heterocycles. The van der Waals surface area contributed by atoms with Gasteiger partial charge in [0, 0.05) is 5.25 Å². The number of rotatable bonds is 2. The Morgan fingerprint density at radius 1 is 1.06 bits per heavy atom. The zero-order valence-electron chi connectivity index (χ0n) is 9.77. The summed E-state index contributed by atoms with van der Waals surface area (Å²) in [6.45, 7) is -0.168. The second kappa shape index (κ2) is 5.89. The fourth-order valence-electron chi connectivity index (χ4n) is 2.76. The molecular formula is C12H21O4S. The lowest BCUT2D eigenvalue weighted by atomic mass is 9.83. The van der Waals surface area contributed by atoms with Gasteiger partial charge in [-0.15, -0.1) is 11.8 Å². The van der Waals surface area contributed by atoms with Crippen LogP contribution < -0.4 is 0 Å². The van der Waals surface area contributed by atoms with Crippen molar-refractivity contribution in [1.82, 2.24) is 0 Å². The normalized spacial score (nSPS) is 44.8. The van der Waals surface area contributed by atoms with Gasteiger partial charge in [0.2, 0.25) is 0 Å². The van der Waals surface area contributed by atoms with Crippen molar-refractivity contribution in [3.8, 4) is 0 Å². The topological polar surface area (TPSA) is 80.9 Å². The third kappa shape index (κ3) is 2.79. The molecule has 1 aliphatic carbocycles. The maximum absolute atomic E-state index is 10.0.